The maximum atomic E-state index is 11.2. The van der Waals surface area contributed by atoms with E-state index in [4.69, 9.17) is 5.84 Å². The zero-order valence-corrected chi connectivity index (χ0v) is 7.08. The normalized spacial score (nSPS) is 13.5. The highest BCUT2D eigenvalue weighted by Crippen LogP contribution is 2.24. The summed E-state index contributed by atoms with van der Waals surface area (Å²) in [6.45, 7) is 0. The van der Waals surface area contributed by atoms with Gasteiger partial charge in [-0.1, -0.05) is 24.3 Å². The molecular formula is C10H10N2O. The molecule has 1 amide bonds. The number of hydrazine groups is 1. The second-order valence-corrected chi connectivity index (χ2v) is 3.02. The van der Waals surface area contributed by atoms with E-state index >= 15 is 0 Å². The van der Waals surface area contributed by atoms with Gasteiger partial charge in [-0.15, -0.1) is 0 Å². The zero-order valence-electron chi connectivity index (χ0n) is 7.08. The van der Waals surface area contributed by atoms with Crippen LogP contribution in [0.25, 0.3) is 6.08 Å². The second-order valence-electron chi connectivity index (χ2n) is 3.02. The molecule has 0 atom stereocenters. The molecule has 0 aliphatic heterocycles. The smallest absolute Gasteiger partial charge is 0.261 e. The first-order valence-corrected chi connectivity index (χ1v) is 4.10. The Bertz CT molecular complexity index is 382. The van der Waals surface area contributed by atoms with Crippen molar-refractivity contribution in [3.8, 4) is 0 Å². The summed E-state index contributed by atoms with van der Waals surface area (Å²) in [5.41, 5.74) is 5.15. The topological polar surface area (TPSA) is 55.1 Å². The van der Waals surface area contributed by atoms with E-state index in [1.54, 1.807) is 0 Å². The molecular weight excluding hydrogens is 164 g/mol. The monoisotopic (exact) mass is 174 g/mol. The maximum absolute atomic E-state index is 11.2. The van der Waals surface area contributed by atoms with Crippen molar-refractivity contribution >= 4 is 12.0 Å². The standard InChI is InChI=1S/C10H10N2O/c11-12-10(13)9-5-7-3-1-2-4-8(7)6-9/h1-5H,6,11H2,(H,12,13). The number of carbonyl (C=O) groups excluding carboxylic acids is 1. The maximum Gasteiger partial charge on any atom is 0.261 e. The fourth-order valence-electron chi connectivity index (χ4n) is 1.52. The number of benzene rings is 1. The van der Waals surface area contributed by atoms with Crippen LogP contribution >= 0.6 is 0 Å². The Morgan fingerprint density at radius 1 is 1.38 bits per heavy atom. The van der Waals surface area contributed by atoms with Gasteiger partial charge in [0.1, 0.15) is 0 Å². The zero-order chi connectivity index (χ0) is 9.26. The summed E-state index contributed by atoms with van der Waals surface area (Å²) in [7, 11) is 0. The van der Waals surface area contributed by atoms with Crippen molar-refractivity contribution in [3.05, 3.63) is 41.0 Å². The van der Waals surface area contributed by atoms with Crippen molar-refractivity contribution < 1.29 is 4.79 Å². The van der Waals surface area contributed by atoms with Gasteiger partial charge in [0, 0.05) is 12.0 Å². The number of fused-ring (bicyclic) bond motifs is 1. The summed E-state index contributed by atoms with van der Waals surface area (Å²) in [6.07, 6.45) is 2.55. The van der Waals surface area contributed by atoms with Crippen molar-refractivity contribution in [1.29, 1.82) is 0 Å². The Kier molecular flexibility index (Phi) is 1.87. The van der Waals surface area contributed by atoms with Crippen LogP contribution in [0, 0.1) is 0 Å². The molecule has 0 saturated heterocycles. The summed E-state index contributed by atoms with van der Waals surface area (Å²) in [5, 5.41) is 0. The van der Waals surface area contributed by atoms with E-state index in [0.29, 0.717) is 6.42 Å². The lowest BCUT2D eigenvalue weighted by Gasteiger charge is -1.98. The fourth-order valence-corrected chi connectivity index (χ4v) is 1.52. The van der Waals surface area contributed by atoms with Gasteiger partial charge in [-0.2, -0.15) is 0 Å². The minimum Gasteiger partial charge on any atom is -0.290 e. The van der Waals surface area contributed by atoms with E-state index in [9.17, 15) is 4.79 Å². The van der Waals surface area contributed by atoms with Crippen LogP contribution in [0.2, 0.25) is 0 Å². The summed E-state index contributed by atoms with van der Waals surface area (Å²) in [6, 6.07) is 7.93. The molecule has 2 rings (SSSR count). The molecule has 0 bridgehead atoms. The van der Waals surface area contributed by atoms with Gasteiger partial charge in [-0.3, -0.25) is 10.2 Å². The molecule has 3 nitrogen and oxygen atoms in total. The van der Waals surface area contributed by atoms with E-state index in [1.807, 2.05) is 30.3 Å². The molecule has 1 aliphatic carbocycles. The van der Waals surface area contributed by atoms with Crippen molar-refractivity contribution in [1.82, 2.24) is 5.43 Å². The molecule has 3 N–H and O–H groups in total. The van der Waals surface area contributed by atoms with Gasteiger partial charge in [0.25, 0.3) is 5.91 Å². The van der Waals surface area contributed by atoms with Crippen LogP contribution in [0.4, 0.5) is 0 Å². The van der Waals surface area contributed by atoms with Gasteiger partial charge in [-0.25, -0.2) is 5.84 Å². The van der Waals surface area contributed by atoms with Crippen LogP contribution in [0.3, 0.4) is 0 Å². The number of nitrogens with one attached hydrogen (secondary N) is 1. The molecule has 0 spiro atoms. The van der Waals surface area contributed by atoms with Crippen LogP contribution in [-0.2, 0) is 11.2 Å². The van der Waals surface area contributed by atoms with E-state index in [-0.39, 0.29) is 5.91 Å². The number of hydrogen-bond acceptors (Lipinski definition) is 2. The Morgan fingerprint density at radius 3 is 2.85 bits per heavy atom. The van der Waals surface area contributed by atoms with Crippen LogP contribution in [0.1, 0.15) is 11.1 Å². The minimum absolute atomic E-state index is 0.198. The molecule has 1 aromatic carbocycles. The lowest BCUT2D eigenvalue weighted by atomic mass is 10.1. The molecule has 0 radical (unpaired) electrons. The van der Waals surface area contributed by atoms with E-state index < -0.39 is 0 Å². The van der Waals surface area contributed by atoms with Crippen LogP contribution in [-0.4, -0.2) is 5.91 Å². The van der Waals surface area contributed by atoms with Crippen LogP contribution < -0.4 is 11.3 Å². The van der Waals surface area contributed by atoms with Crippen molar-refractivity contribution in [2.45, 2.75) is 6.42 Å². The Labute approximate surface area is 76.2 Å². The molecule has 0 aromatic heterocycles. The third-order valence-corrected chi connectivity index (χ3v) is 2.19. The molecule has 0 fully saturated rings. The SMILES string of the molecule is NNC(=O)C1=Cc2ccccc2C1. The molecule has 1 aromatic rings. The number of nitrogens with two attached hydrogens (primary N) is 1. The first-order valence-electron chi connectivity index (χ1n) is 4.10. The Balaban J connectivity index is 2.31. The van der Waals surface area contributed by atoms with Gasteiger partial charge in [0.2, 0.25) is 0 Å². The summed E-state index contributed by atoms with van der Waals surface area (Å²) < 4.78 is 0. The predicted octanol–water partition coefficient (Wildman–Crippen LogP) is 0.616. The largest absolute Gasteiger partial charge is 0.290 e. The van der Waals surface area contributed by atoms with Crippen LogP contribution in [0.15, 0.2) is 29.8 Å². The van der Waals surface area contributed by atoms with Gasteiger partial charge in [0.15, 0.2) is 0 Å². The Morgan fingerprint density at radius 2 is 2.15 bits per heavy atom. The summed E-state index contributed by atoms with van der Waals surface area (Å²) in [4.78, 5) is 11.2. The van der Waals surface area contributed by atoms with Gasteiger partial charge in [0.05, 0.1) is 0 Å². The molecule has 13 heavy (non-hydrogen) atoms. The third-order valence-electron chi connectivity index (χ3n) is 2.19. The van der Waals surface area contributed by atoms with Crippen molar-refractivity contribution in [2.75, 3.05) is 0 Å². The lowest BCUT2D eigenvalue weighted by molar-refractivity contribution is -0.117. The van der Waals surface area contributed by atoms with Crippen LogP contribution in [0.5, 0.6) is 0 Å². The molecule has 0 unspecified atom stereocenters. The van der Waals surface area contributed by atoms with Gasteiger partial charge >= 0.3 is 0 Å². The van der Waals surface area contributed by atoms with Gasteiger partial charge < -0.3 is 0 Å². The minimum atomic E-state index is -0.198. The van der Waals surface area contributed by atoms with E-state index in [1.165, 1.54) is 5.56 Å². The molecule has 0 heterocycles. The molecule has 3 heteroatoms. The lowest BCUT2D eigenvalue weighted by Crippen LogP contribution is -2.31. The number of amides is 1. The van der Waals surface area contributed by atoms with Crippen molar-refractivity contribution in [3.63, 3.8) is 0 Å². The average molecular weight is 174 g/mol. The highest BCUT2D eigenvalue weighted by Gasteiger charge is 2.16. The molecule has 66 valence electrons. The highest BCUT2D eigenvalue weighted by atomic mass is 16.2. The number of rotatable bonds is 1. The first kappa shape index (κ1) is 8.01. The first-order chi connectivity index (χ1) is 6.31. The number of hydrogen-bond donors (Lipinski definition) is 2. The summed E-state index contributed by atoms with van der Waals surface area (Å²) >= 11 is 0. The Hall–Kier alpha value is -1.61. The molecule has 0 saturated carbocycles. The van der Waals surface area contributed by atoms with Crippen molar-refractivity contribution in [2.24, 2.45) is 5.84 Å². The average Bonchev–Trinajstić information content (AvgIpc) is 2.59. The quantitative estimate of drug-likeness (QED) is 0.372. The van der Waals surface area contributed by atoms with Gasteiger partial charge in [-0.05, 0) is 17.2 Å². The number of carbonyl (C=O) groups is 1. The summed E-state index contributed by atoms with van der Waals surface area (Å²) in [5.74, 6) is 4.85. The fraction of sp³-hybridized carbons (Fsp3) is 0.100. The highest BCUT2D eigenvalue weighted by molar-refractivity contribution is 5.99. The van der Waals surface area contributed by atoms with E-state index in [2.05, 4.69) is 5.43 Å². The van der Waals surface area contributed by atoms with E-state index in [0.717, 1.165) is 11.1 Å². The predicted molar refractivity (Wildman–Crippen MR) is 50.5 cm³/mol. The third kappa shape index (κ3) is 1.34. The molecule has 1 aliphatic rings. The second kappa shape index (κ2) is 3.03.